The van der Waals surface area contributed by atoms with Crippen LogP contribution in [0.5, 0.6) is 0 Å². The summed E-state index contributed by atoms with van der Waals surface area (Å²) in [6.07, 6.45) is 3.77. The molecule has 20 heavy (non-hydrogen) atoms. The summed E-state index contributed by atoms with van der Waals surface area (Å²) in [5.41, 5.74) is 1.06. The molecule has 0 radical (unpaired) electrons. The molecule has 0 aromatic heterocycles. The Balaban J connectivity index is 1.81. The zero-order valence-electron chi connectivity index (χ0n) is 11.5. The van der Waals surface area contributed by atoms with Gasteiger partial charge in [0.2, 0.25) is 5.91 Å². The van der Waals surface area contributed by atoms with Gasteiger partial charge in [0.15, 0.2) is 0 Å². The van der Waals surface area contributed by atoms with Crippen molar-refractivity contribution in [3.8, 4) is 0 Å². The number of carboxylic acid groups (broad SMARTS) is 1. The van der Waals surface area contributed by atoms with E-state index in [-0.39, 0.29) is 17.7 Å². The van der Waals surface area contributed by atoms with Gasteiger partial charge in [0.25, 0.3) is 0 Å². The van der Waals surface area contributed by atoms with Gasteiger partial charge in [0.05, 0.1) is 5.92 Å². The normalized spacial score (nSPS) is 21.6. The van der Waals surface area contributed by atoms with Crippen LogP contribution in [0.15, 0.2) is 29.2 Å². The molecule has 1 aromatic rings. The van der Waals surface area contributed by atoms with Crippen molar-refractivity contribution in [1.29, 1.82) is 0 Å². The lowest BCUT2D eigenvalue weighted by Gasteiger charge is -2.11. The molecule has 1 saturated carbocycles. The maximum absolute atomic E-state index is 12.0. The number of thioether (sulfide) groups is 1. The predicted molar refractivity (Wildman–Crippen MR) is 78.5 cm³/mol. The van der Waals surface area contributed by atoms with Crippen molar-refractivity contribution in [1.82, 2.24) is 5.32 Å². The first kappa shape index (κ1) is 14.9. The molecule has 4 nitrogen and oxygen atoms in total. The first-order valence-corrected chi connectivity index (χ1v) is 7.96. The minimum atomic E-state index is -0.784. The summed E-state index contributed by atoms with van der Waals surface area (Å²) in [6.45, 7) is 0.502. The van der Waals surface area contributed by atoms with Crippen molar-refractivity contribution in [2.24, 2.45) is 11.8 Å². The van der Waals surface area contributed by atoms with Crippen LogP contribution < -0.4 is 5.32 Å². The van der Waals surface area contributed by atoms with Crippen LogP contribution >= 0.6 is 11.8 Å². The fraction of sp³-hybridized carbons (Fsp3) is 0.467. The molecular weight excluding hydrogens is 274 g/mol. The summed E-state index contributed by atoms with van der Waals surface area (Å²) in [4.78, 5) is 24.1. The molecule has 1 aliphatic carbocycles. The van der Waals surface area contributed by atoms with Crippen molar-refractivity contribution in [2.45, 2.75) is 30.7 Å². The SMILES string of the molecule is CSc1ccc(CNC(=O)[C@@H]2CC[C@H](C(=O)O)C2)cc1. The van der Waals surface area contributed by atoms with Gasteiger partial charge < -0.3 is 10.4 Å². The minimum absolute atomic E-state index is 0.0253. The monoisotopic (exact) mass is 293 g/mol. The van der Waals surface area contributed by atoms with Crippen LogP contribution in [0.4, 0.5) is 0 Å². The van der Waals surface area contributed by atoms with Crippen LogP contribution in [-0.2, 0) is 16.1 Å². The number of nitrogens with one attached hydrogen (secondary N) is 1. The van der Waals surface area contributed by atoms with Crippen LogP contribution in [0.2, 0.25) is 0 Å². The number of carboxylic acids is 1. The highest BCUT2D eigenvalue weighted by molar-refractivity contribution is 7.98. The van der Waals surface area contributed by atoms with Gasteiger partial charge in [-0.2, -0.15) is 0 Å². The first-order valence-electron chi connectivity index (χ1n) is 6.73. The Bertz CT molecular complexity index is 486. The van der Waals surface area contributed by atoms with E-state index in [0.29, 0.717) is 25.8 Å². The summed E-state index contributed by atoms with van der Waals surface area (Å²) >= 11 is 1.68. The summed E-state index contributed by atoms with van der Waals surface area (Å²) in [5.74, 6) is -1.32. The van der Waals surface area contributed by atoms with Gasteiger partial charge in [-0.3, -0.25) is 9.59 Å². The highest BCUT2D eigenvalue weighted by Gasteiger charge is 2.33. The molecule has 0 heterocycles. The zero-order valence-corrected chi connectivity index (χ0v) is 12.3. The van der Waals surface area contributed by atoms with Crippen LogP contribution in [0.3, 0.4) is 0 Å². The van der Waals surface area contributed by atoms with Gasteiger partial charge in [-0.25, -0.2) is 0 Å². The van der Waals surface area contributed by atoms with E-state index in [0.717, 1.165) is 5.56 Å². The van der Waals surface area contributed by atoms with Crippen LogP contribution in [-0.4, -0.2) is 23.2 Å². The van der Waals surface area contributed by atoms with Gasteiger partial charge in [0.1, 0.15) is 0 Å². The van der Waals surface area contributed by atoms with E-state index < -0.39 is 5.97 Å². The molecule has 0 bridgehead atoms. The summed E-state index contributed by atoms with van der Waals surface area (Å²) < 4.78 is 0. The fourth-order valence-electron chi connectivity index (χ4n) is 2.52. The van der Waals surface area contributed by atoms with Crippen molar-refractivity contribution >= 4 is 23.6 Å². The highest BCUT2D eigenvalue weighted by atomic mass is 32.2. The number of benzene rings is 1. The molecular formula is C15H19NO3S. The van der Waals surface area contributed by atoms with Crippen LogP contribution in [0.25, 0.3) is 0 Å². The average molecular weight is 293 g/mol. The second-order valence-electron chi connectivity index (χ2n) is 5.11. The number of rotatable bonds is 5. The molecule has 108 valence electrons. The van der Waals surface area contributed by atoms with Gasteiger partial charge in [-0.05, 0) is 43.2 Å². The van der Waals surface area contributed by atoms with Crippen LogP contribution in [0.1, 0.15) is 24.8 Å². The maximum Gasteiger partial charge on any atom is 0.306 e. The van der Waals surface area contributed by atoms with Crippen LogP contribution in [0, 0.1) is 11.8 Å². The highest BCUT2D eigenvalue weighted by Crippen LogP contribution is 2.31. The average Bonchev–Trinajstić information content (AvgIpc) is 2.95. The van der Waals surface area contributed by atoms with E-state index in [1.165, 1.54) is 4.90 Å². The molecule has 5 heteroatoms. The standard InChI is InChI=1S/C15H19NO3S/c1-20-13-6-2-10(3-7-13)9-16-14(17)11-4-5-12(8-11)15(18)19/h2-3,6-7,11-12H,4-5,8-9H2,1H3,(H,16,17)(H,18,19)/t11-,12+/m1/s1. The molecule has 0 aliphatic heterocycles. The Morgan fingerprint density at radius 1 is 1.25 bits per heavy atom. The summed E-state index contributed by atoms with van der Waals surface area (Å²) in [5, 5.41) is 11.8. The van der Waals surface area contributed by atoms with Crippen molar-refractivity contribution in [3.05, 3.63) is 29.8 Å². The lowest BCUT2D eigenvalue weighted by molar-refractivity contribution is -0.141. The van der Waals surface area contributed by atoms with Crippen molar-refractivity contribution in [2.75, 3.05) is 6.26 Å². The Hall–Kier alpha value is -1.49. The number of carbonyl (C=O) groups excluding carboxylic acids is 1. The number of hydrogen-bond acceptors (Lipinski definition) is 3. The predicted octanol–water partition coefficient (Wildman–Crippen LogP) is 2.53. The Labute approximate surface area is 123 Å². The number of amides is 1. The molecule has 0 saturated heterocycles. The first-order chi connectivity index (χ1) is 9.60. The third kappa shape index (κ3) is 3.76. The maximum atomic E-state index is 12.0. The van der Waals surface area contributed by atoms with E-state index in [1.54, 1.807) is 11.8 Å². The third-order valence-corrected chi connectivity index (χ3v) is 4.52. The lowest BCUT2D eigenvalue weighted by atomic mass is 10.0. The van der Waals surface area contributed by atoms with E-state index in [2.05, 4.69) is 5.32 Å². The summed E-state index contributed by atoms with van der Waals surface area (Å²) in [7, 11) is 0. The molecule has 2 N–H and O–H groups in total. The molecule has 1 aliphatic rings. The van der Waals surface area contributed by atoms with Gasteiger partial charge >= 0.3 is 5.97 Å². The minimum Gasteiger partial charge on any atom is -0.481 e. The smallest absolute Gasteiger partial charge is 0.306 e. The van der Waals surface area contributed by atoms with E-state index >= 15 is 0 Å². The molecule has 1 amide bonds. The van der Waals surface area contributed by atoms with E-state index in [1.807, 2.05) is 30.5 Å². The van der Waals surface area contributed by atoms with Gasteiger partial charge in [-0.1, -0.05) is 12.1 Å². The topological polar surface area (TPSA) is 66.4 Å². The molecule has 0 spiro atoms. The zero-order chi connectivity index (χ0) is 14.5. The number of carbonyl (C=O) groups is 2. The summed E-state index contributed by atoms with van der Waals surface area (Å²) in [6, 6.07) is 8.06. The third-order valence-electron chi connectivity index (χ3n) is 3.78. The molecule has 1 aromatic carbocycles. The molecule has 1 fully saturated rings. The quantitative estimate of drug-likeness (QED) is 0.819. The Morgan fingerprint density at radius 2 is 1.90 bits per heavy atom. The van der Waals surface area contributed by atoms with Crippen molar-refractivity contribution in [3.63, 3.8) is 0 Å². The Kier molecular flexibility index (Phi) is 5.06. The number of hydrogen-bond donors (Lipinski definition) is 2. The Morgan fingerprint density at radius 3 is 2.45 bits per heavy atom. The molecule has 2 atom stereocenters. The van der Waals surface area contributed by atoms with Gasteiger partial charge in [-0.15, -0.1) is 11.8 Å². The fourth-order valence-corrected chi connectivity index (χ4v) is 2.93. The molecule has 0 unspecified atom stereocenters. The van der Waals surface area contributed by atoms with E-state index in [9.17, 15) is 9.59 Å². The largest absolute Gasteiger partial charge is 0.481 e. The lowest BCUT2D eigenvalue weighted by Crippen LogP contribution is -2.29. The number of aliphatic carboxylic acids is 1. The second kappa shape index (κ2) is 6.79. The van der Waals surface area contributed by atoms with E-state index in [4.69, 9.17) is 5.11 Å². The second-order valence-corrected chi connectivity index (χ2v) is 5.99. The van der Waals surface area contributed by atoms with Gasteiger partial charge in [0, 0.05) is 17.4 Å². The van der Waals surface area contributed by atoms with Crippen molar-refractivity contribution < 1.29 is 14.7 Å². The molecule has 2 rings (SSSR count).